The molecule has 0 atom stereocenters. The number of Topliss-reactive ketones (excluding diaryl/α,β-unsaturated/α-hetero) is 1. The Labute approximate surface area is 83.1 Å². The molecule has 1 aromatic rings. The van der Waals surface area contributed by atoms with E-state index in [0.717, 1.165) is 6.07 Å². The molecule has 2 N–H and O–H groups in total. The van der Waals surface area contributed by atoms with Crippen LogP contribution in [-0.4, -0.2) is 27.9 Å². The van der Waals surface area contributed by atoms with Gasteiger partial charge >= 0.3 is 12.1 Å². The normalized spacial score (nSPS) is 9.93. The van der Waals surface area contributed by atoms with Gasteiger partial charge < -0.3 is 10.0 Å². The van der Waals surface area contributed by atoms with Crippen LogP contribution in [0, 0.1) is 10.1 Å². The Morgan fingerprint density at radius 1 is 1.64 bits per heavy atom. The van der Waals surface area contributed by atoms with Crippen molar-refractivity contribution in [3.63, 3.8) is 0 Å². The van der Waals surface area contributed by atoms with Crippen LogP contribution in [0.15, 0.2) is 6.07 Å². The summed E-state index contributed by atoms with van der Waals surface area (Å²) in [5, 5.41) is 27.8. The van der Waals surface area contributed by atoms with Gasteiger partial charge in [-0.15, -0.1) is 0 Å². The molecule has 6 nitrogen and oxygen atoms in total. The Hall–Kier alpha value is -1.25. The highest BCUT2D eigenvalue weighted by Crippen LogP contribution is 2.21. The summed E-state index contributed by atoms with van der Waals surface area (Å²) < 4.78 is -0.0933. The molecule has 0 aliphatic heterocycles. The second kappa shape index (κ2) is 3.87. The quantitative estimate of drug-likeness (QED) is 0.307. The van der Waals surface area contributed by atoms with E-state index in [0.29, 0.717) is 11.3 Å². The molecule has 0 aromatic carbocycles. The van der Waals surface area contributed by atoms with Crippen molar-refractivity contribution in [2.24, 2.45) is 0 Å². The van der Waals surface area contributed by atoms with E-state index in [1.807, 2.05) is 0 Å². The van der Waals surface area contributed by atoms with Crippen molar-refractivity contribution in [2.75, 3.05) is 0 Å². The second-order valence-electron chi connectivity index (χ2n) is 2.55. The minimum Gasteiger partial charge on any atom is -0.423 e. The summed E-state index contributed by atoms with van der Waals surface area (Å²) in [5.41, 5.74) is -0.0169. The van der Waals surface area contributed by atoms with E-state index in [4.69, 9.17) is 10.0 Å². The smallest absolute Gasteiger partial charge is 0.423 e. The Kier molecular flexibility index (Phi) is 2.99. The molecule has 0 radical (unpaired) electrons. The lowest BCUT2D eigenvalue weighted by Gasteiger charge is -1.95. The number of nitrogens with zero attached hydrogens (tertiary/aromatic N) is 1. The maximum Gasteiger partial charge on any atom is 0.500 e. The highest BCUT2D eigenvalue weighted by Gasteiger charge is 2.26. The van der Waals surface area contributed by atoms with Crippen molar-refractivity contribution >= 4 is 34.0 Å². The van der Waals surface area contributed by atoms with Gasteiger partial charge in [0.1, 0.15) is 0 Å². The molecule has 0 unspecified atom stereocenters. The van der Waals surface area contributed by atoms with Crippen LogP contribution in [0.5, 0.6) is 0 Å². The summed E-state index contributed by atoms with van der Waals surface area (Å²) in [4.78, 5) is 20.6. The summed E-state index contributed by atoms with van der Waals surface area (Å²) in [5.74, 6) is -0.433. The minimum atomic E-state index is -1.85. The lowest BCUT2D eigenvalue weighted by atomic mass is 9.85. The van der Waals surface area contributed by atoms with Gasteiger partial charge in [-0.1, -0.05) is 11.3 Å². The monoisotopic (exact) mass is 215 g/mol. The second-order valence-corrected chi connectivity index (χ2v) is 3.61. The highest BCUT2D eigenvalue weighted by molar-refractivity contribution is 7.25. The van der Waals surface area contributed by atoms with E-state index in [-0.39, 0.29) is 15.3 Å². The third kappa shape index (κ3) is 1.98. The van der Waals surface area contributed by atoms with E-state index in [2.05, 4.69) is 0 Å². The number of hydrogen-bond donors (Lipinski definition) is 2. The van der Waals surface area contributed by atoms with Gasteiger partial charge in [0.05, 0.1) is 9.70 Å². The zero-order valence-electron chi connectivity index (χ0n) is 7.13. The van der Waals surface area contributed by atoms with Gasteiger partial charge in [-0.25, -0.2) is 0 Å². The molecule has 0 aliphatic rings. The van der Waals surface area contributed by atoms with Crippen molar-refractivity contribution in [1.82, 2.24) is 0 Å². The van der Waals surface area contributed by atoms with Gasteiger partial charge in [-0.3, -0.25) is 14.9 Å². The third-order valence-corrected chi connectivity index (χ3v) is 2.67. The topological polar surface area (TPSA) is 101 Å². The van der Waals surface area contributed by atoms with Gasteiger partial charge in [0.25, 0.3) is 0 Å². The van der Waals surface area contributed by atoms with Crippen LogP contribution >= 0.6 is 11.3 Å². The molecule has 1 rings (SSSR count). The molecule has 0 fully saturated rings. The highest BCUT2D eigenvalue weighted by atomic mass is 32.1. The van der Waals surface area contributed by atoms with Crippen molar-refractivity contribution in [3.8, 4) is 0 Å². The Morgan fingerprint density at radius 2 is 2.21 bits per heavy atom. The number of nitro groups is 1. The van der Waals surface area contributed by atoms with Crippen molar-refractivity contribution in [3.05, 3.63) is 21.7 Å². The van der Waals surface area contributed by atoms with Crippen LogP contribution < -0.4 is 4.78 Å². The first-order valence-corrected chi connectivity index (χ1v) is 4.40. The average molecular weight is 215 g/mol. The van der Waals surface area contributed by atoms with E-state index < -0.39 is 17.8 Å². The van der Waals surface area contributed by atoms with E-state index in [9.17, 15) is 14.9 Å². The molecule has 0 saturated heterocycles. The number of rotatable bonds is 3. The third-order valence-electron chi connectivity index (χ3n) is 1.54. The number of carbonyl (C=O) groups is 1. The molecular weight excluding hydrogens is 209 g/mol. The summed E-state index contributed by atoms with van der Waals surface area (Å²) in [6.45, 7) is 1.21. The first-order chi connectivity index (χ1) is 6.43. The molecule has 1 heterocycles. The van der Waals surface area contributed by atoms with Crippen molar-refractivity contribution in [1.29, 1.82) is 0 Å². The first kappa shape index (κ1) is 10.8. The fraction of sp³-hybridized carbons (Fsp3) is 0.167. The van der Waals surface area contributed by atoms with Gasteiger partial charge in [-0.05, 0) is 6.92 Å². The standard InChI is InChI=1S/C6H6BNO5S/c1-3(9)4-2-5(8(12)13)14-6(4)7(10)11/h2,10-11H,1H3. The number of hydrogen-bond acceptors (Lipinski definition) is 6. The summed E-state index contributed by atoms with van der Waals surface area (Å²) in [7, 11) is -1.85. The van der Waals surface area contributed by atoms with Crippen LogP contribution in [0.25, 0.3) is 0 Å². The van der Waals surface area contributed by atoms with Crippen LogP contribution in [0.3, 0.4) is 0 Å². The number of ketones is 1. The zero-order valence-corrected chi connectivity index (χ0v) is 7.95. The van der Waals surface area contributed by atoms with Crippen LogP contribution in [0.2, 0.25) is 0 Å². The zero-order chi connectivity index (χ0) is 10.9. The first-order valence-electron chi connectivity index (χ1n) is 3.58. The summed E-state index contributed by atoms with van der Waals surface area (Å²) >= 11 is 0.584. The van der Waals surface area contributed by atoms with E-state index >= 15 is 0 Å². The molecule has 0 saturated carbocycles. The SMILES string of the molecule is CC(=O)c1cc([N+](=O)[O-])sc1B(O)O. The molecule has 8 heteroatoms. The van der Waals surface area contributed by atoms with Crippen LogP contribution in [0.1, 0.15) is 17.3 Å². The van der Waals surface area contributed by atoms with E-state index in [1.54, 1.807) is 0 Å². The molecule has 0 bridgehead atoms. The minimum absolute atomic E-state index is 0.0169. The Balaban J connectivity index is 3.26. The van der Waals surface area contributed by atoms with E-state index in [1.165, 1.54) is 6.92 Å². The Morgan fingerprint density at radius 3 is 2.50 bits per heavy atom. The molecule has 0 aliphatic carbocycles. The molecular formula is C6H6BNO5S. The fourth-order valence-electron chi connectivity index (χ4n) is 0.949. The molecule has 0 amide bonds. The van der Waals surface area contributed by atoms with Crippen molar-refractivity contribution < 1.29 is 19.8 Å². The lowest BCUT2D eigenvalue weighted by molar-refractivity contribution is -0.380. The van der Waals surface area contributed by atoms with Gasteiger partial charge in [0.15, 0.2) is 5.78 Å². The average Bonchev–Trinajstić information content (AvgIpc) is 2.47. The summed E-state index contributed by atoms with van der Waals surface area (Å²) in [6.07, 6.45) is 0. The molecule has 0 spiro atoms. The van der Waals surface area contributed by atoms with Crippen LogP contribution in [-0.2, 0) is 0 Å². The Bertz CT molecular complexity index is 388. The molecule has 1 aromatic heterocycles. The maximum absolute atomic E-state index is 11.0. The van der Waals surface area contributed by atoms with Gasteiger partial charge in [-0.2, -0.15) is 0 Å². The maximum atomic E-state index is 11.0. The lowest BCUT2D eigenvalue weighted by Crippen LogP contribution is -2.30. The predicted octanol–water partition coefficient (Wildman–Crippen LogP) is -0.461. The van der Waals surface area contributed by atoms with Crippen LogP contribution in [0.4, 0.5) is 5.00 Å². The number of thiophene rings is 1. The number of carbonyl (C=O) groups excluding carboxylic acids is 1. The fourth-order valence-corrected chi connectivity index (χ4v) is 1.84. The molecule has 14 heavy (non-hydrogen) atoms. The predicted molar refractivity (Wildman–Crippen MR) is 50.8 cm³/mol. The van der Waals surface area contributed by atoms with Gasteiger partial charge in [0.2, 0.25) is 0 Å². The van der Waals surface area contributed by atoms with Gasteiger partial charge in [0, 0.05) is 11.6 Å². The summed E-state index contributed by atoms with van der Waals surface area (Å²) in [6, 6.07) is 1.04. The molecule has 74 valence electrons. The van der Waals surface area contributed by atoms with Crippen molar-refractivity contribution in [2.45, 2.75) is 6.92 Å². The largest absolute Gasteiger partial charge is 0.500 e.